The van der Waals surface area contributed by atoms with Crippen molar-refractivity contribution in [3.63, 3.8) is 0 Å². The lowest BCUT2D eigenvalue weighted by atomic mass is 10.0. The Hall–Kier alpha value is -4.19. The molecule has 0 bridgehead atoms. The van der Waals surface area contributed by atoms with Crippen LogP contribution in [0.3, 0.4) is 0 Å². The lowest BCUT2D eigenvalue weighted by Crippen LogP contribution is -2.30. The topological polar surface area (TPSA) is 78.9 Å². The van der Waals surface area contributed by atoms with E-state index in [2.05, 4.69) is 69.4 Å². The zero-order valence-electron chi connectivity index (χ0n) is 43.1. The third-order valence-electron chi connectivity index (χ3n) is 11.2. The molecule has 0 fully saturated rings. The molecule has 0 saturated heterocycles. The summed E-state index contributed by atoms with van der Waals surface area (Å²) in [6, 6.07) is 0. The highest BCUT2D eigenvalue weighted by Crippen LogP contribution is 2.15. The van der Waals surface area contributed by atoms with Gasteiger partial charge in [-0.3, -0.25) is 14.4 Å². The van der Waals surface area contributed by atoms with Crippen LogP contribution in [0.1, 0.15) is 226 Å². The van der Waals surface area contributed by atoms with Crippen molar-refractivity contribution in [3.8, 4) is 0 Å². The molecule has 0 aromatic heterocycles. The van der Waals surface area contributed by atoms with Gasteiger partial charge < -0.3 is 14.2 Å². The fraction of sp³-hybridized carbons (Fsp3) is 0.623. The number of carbonyl (C=O) groups is 3. The zero-order valence-corrected chi connectivity index (χ0v) is 43.1. The number of esters is 3. The van der Waals surface area contributed by atoms with Gasteiger partial charge in [-0.25, -0.2) is 0 Å². The quantitative estimate of drug-likeness (QED) is 0.0262. The van der Waals surface area contributed by atoms with E-state index in [-0.39, 0.29) is 31.1 Å². The number of unbranched alkanes of at least 4 members (excludes halogenated alkanes) is 24. The van der Waals surface area contributed by atoms with Gasteiger partial charge in [-0.2, -0.15) is 0 Å². The summed E-state index contributed by atoms with van der Waals surface area (Å²) in [6.45, 7) is 6.31. The summed E-state index contributed by atoms with van der Waals surface area (Å²) in [4.78, 5) is 38.1. The Balaban J connectivity index is 4.51. The maximum atomic E-state index is 12.8. The van der Waals surface area contributed by atoms with Gasteiger partial charge in [0, 0.05) is 19.3 Å². The van der Waals surface area contributed by atoms with Gasteiger partial charge in [0.25, 0.3) is 0 Å². The molecule has 0 amide bonds. The van der Waals surface area contributed by atoms with Crippen LogP contribution in [-0.4, -0.2) is 37.2 Å². The summed E-state index contributed by atoms with van der Waals surface area (Å²) < 4.78 is 16.8. The van der Waals surface area contributed by atoms with Crippen LogP contribution in [0, 0.1) is 0 Å². The van der Waals surface area contributed by atoms with Crippen LogP contribution in [0.4, 0.5) is 0 Å². The minimum atomic E-state index is -0.805. The molecule has 0 heterocycles. The number of allylic oxidation sites excluding steroid dienone is 20. The third kappa shape index (κ3) is 52.6. The molecule has 0 radical (unpaired) electrons. The molecule has 1 atom stereocenters. The SMILES string of the molecule is CC\C=C/C=C\C=C/C=C\C=C\C=C/C=C\CCCCCC(=O)OCC(COC(=O)CCCCCCCCCCCCCCCCC)OC(=O)CCCCCCCCC\C=C/C=C\C=C/CC. The molecule has 1 unspecified atom stereocenters. The second kappa shape index (κ2) is 54.4. The highest BCUT2D eigenvalue weighted by Gasteiger charge is 2.19. The fourth-order valence-electron chi connectivity index (χ4n) is 7.19. The number of carbonyl (C=O) groups excluding carboxylic acids is 3. The smallest absolute Gasteiger partial charge is 0.306 e. The van der Waals surface area contributed by atoms with E-state index in [1.165, 1.54) is 96.3 Å². The van der Waals surface area contributed by atoms with Crippen LogP contribution >= 0.6 is 0 Å². The maximum Gasteiger partial charge on any atom is 0.306 e. The fourth-order valence-corrected chi connectivity index (χ4v) is 7.19. The van der Waals surface area contributed by atoms with Crippen LogP contribution in [0.15, 0.2) is 122 Å². The number of hydrogen-bond donors (Lipinski definition) is 0. The van der Waals surface area contributed by atoms with Gasteiger partial charge in [-0.1, -0.05) is 271 Å². The van der Waals surface area contributed by atoms with Crippen molar-refractivity contribution in [2.24, 2.45) is 0 Å². The molecule has 0 rings (SSSR count). The maximum absolute atomic E-state index is 12.8. The first-order valence-corrected chi connectivity index (χ1v) is 27.2. The van der Waals surface area contributed by atoms with E-state index >= 15 is 0 Å². The molecule has 6 heteroatoms. The minimum Gasteiger partial charge on any atom is -0.462 e. The van der Waals surface area contributed by atoms with Gasteiger partial charge in [0.15, 0.2) is 6.10 Å². The van der Waals surface area contributed by atoms with Crippen LogP contribution in [0.5, 0.6) is 0 Å². The number of hydrogen-bond acceptors (Lipinski definition) is 6. The standard InChI is InChI=1S/C61H98O6/c1-4-7-10-13-16-19-22-25-28-29-30-31-34-36-39-42-45-48-51-54-60(63)66-57-58(67-61(64)55-52-49-46-43-40-37-33-27-24-21-18-15-12-9-6-3)56-65-59(62)53-50-47-44-41-38-35-32-26-23-20-17-14-11-8-5-2/h7,9-10,12-13,15-16,18-19,21-22,24-25,28-31,34,36,39,58H,4-6,8,11,14,17,20,23,26-27,32-33,35,37-38,40-57H2,1-3H3/b10-7-,12-9-,16-13-,18-15-,22-19-,24-21-,28-25-,30-29+,34-31-,39-36-. The Kier molecular flexibility index (Phi) is 51.0. The lowest BCUT2D eigenvalue weighted by Gasteiger charge is -2.18. The first kappa shape index (κ1) is 62.8. The van der Waals surface area contributed by atoms with E-state index in [1.54, 1.807) is 0 Å². The largest absolute Gasteiger partial charge is 0.462 e. The molecule has 378 valence electrons. The average molecular weight is 927 g/mol. The second-order valence-corrected chi connectivity index (χ2v) is 17.6. The van der Waals surface area contributed by atoms with Gasteiger partial charge in [-0.15, -0.1) is 0 Å². The van der Waals surface area contributed by atoms with Gasteiger partial charge in [0.05, 0.1) is 0 Å². The Bertz CT molecular complexity index is 1440. The second-order valence-electron chi connectivity index (χ2n) is 17.6. The van der Waals surface area contributed by atoms with Crippen LogP contribution in [0.25, 0.3) is 0 Å². The van der Waals surface area contributed by atoms with Gasteiger partial charge in [0.1, 0.15) is 13.2 Å². The van der Waals surface area contributed by atoms with Crippen LogP contribution in [-0.2, 0) is 28.6 Å². The van der Waals surface area contributed by atoms with E-state index in [1.807, 2.05) is 72.9 Å². The number of rotatable bonds is 47. The lowest BCUT2D eigenvalue weighted by molar-refractivity contribution is -0.167. The molecule has 0 aliphatic carbocycles. The molecular weight excluding hydrogens is 829 g/mol. The molecule has 0 aromatic rings. The van der Waals surface area contributed by atoms with Gasteiger partial charge in [0.2, 0.25) is 0 Å². The van der Waals surface area contributed by atoms with Crippen molar-refractivity contribution in [3.05, 3.63) is 122 Å². The van der Waals surface area contributed by atoms with E-state index in [4.69, 9.17) is 14.2 Å². The Morgan fingerprint density at radius 3 is 0.925 bits per heavy atom. The Labute approximate surface area is 412 Å². The first-order chi connectivity index (χ1) is 33.0. The van der Waals surface area contributed by atoms with E-state index in [0.717, 1.165) is 89.9 Å². The summed E-state index contributed by atoms with van der Waals surface area (Å²) >= 11 is 0. The van der Waals surface area contributed by atoms with Gasteiger partial charge >= 0.3 is 17.9 Å². The summed E-state index contributed by atoms with van der Waals surface area (Å²) in [5, 5.41) is 0. The van der Waals surface area contributed by atoms with Crippen molar-refractivity contribution in [2.75, 3.05) is 13.2 Å². The van der Waals surface area contributed by atoms with E-state index < -0.39 is 6.10 Å². The first-order valence-electron chi connectivity index (χ1n) is 27.2. The van der Waals surface area contributed by atoms with Gasteiger partial charge in [-0.05, 0) is 57.8 Å². The van der Waals surface area contributed by atoms with Crippen molar-refractivity contribution in [2.45, 2.75) is 232 Å². The zero-order chi connectivity index (χ0) is 48.6. The molecule has 0 N–H and O–H groups in total. The molecule has 0 aliphatic rings. The molecule has 6 nitrogen and oxygen atoms in total. The summed E-state index contributed by atoms with van der Waals surface area (Å²) in [5.41, 5.74) is 0. The molecule has 0 saturated carbocycles. The normalized spacial score (nSPS) is 13.1. The minimum absolute atomic E-state index is 0.0994. The monoisotopic (exact) mass is 927 g/mol. The highest BCUT2D eigenvalue weighted by atomic mass is 16.6. The van der Waals surface area contributed by atoms with Crippen LogP contribution in [0.2, 0.25) is 0 Å². The average Bonchev–Trinajstić information content (AvgIpc) is 3.33. The van der Waals surface area contributed by atoms with E-state index in [9.17, 15) is 14.4 Å². The molecule has 0 aromatic carbocycles. The molecular formula is C61H98O6. The summed E-state index contributed by atoms with van der Waals surface area (Å²) in [5.74, 6) is -0.960. The molecule has 0 aliphatic heterocycles. The van der Waals surface area contributed by atoms with E-state index in [0.29, 0.717) is 19.3 Å². The molecule has 67 heavy (non-hydrogen) atoms. The molecule has 0 spiro atoms. The summed E-state index contributed by atoms with van der Waals surface area (Å²) in [7, 11) is 0. The highest BCUT2D eigenvalue weighted by molar-refractivity contribution is 5.71. The van der Waals surface area contributed by atoms with Crippen molar-refractivity contribution in [1.29, 1.82) is 0 Å². The number of ether oxygens (including phenoxy) is 3. The van der Waals surface area contributed by atoms with Crippen molar-refractivity contribution in [1.82, 2.24) is 0 Å². The Morgan fingerprint density at radius 2 is 0.582 bits per heavy atom. The van der Waals surface area contributed by atoms with Crippen molar-refractivity contribution < 1.29 is 28.6 Å². The Morgan fingerprint density at radius 1 is 0.313 bits per heavy atom. The predicted molar refractivity (Wildman–Crippen MR) is 288 cm³/mol. The predicted octanol–water partition coefficient (Wildman–Crippen LogP) is 18.1. The van der Waals surface area contributed by atoms with Crippen molar-refractivity contribution >= 4 is 17.9 Å². The van der Waals surface area contributed by atoms with Crippen LogP contribution < -0.4 is 0 Å². The summed E-state index contributed by atoms with van der Waals surface area (Å²) in [6.07, 6.45) is 74.6. The third-order valence-corrected chi connectivity index (χ3v) is 11.2.